The molecule has 1 aliphatic rings. The molecular formula is C13H17F2NO2. The van der Waals surface area contributed by atoms with Crippen LogP contribution in [-0.2, 0) is 0 Å². The van der Waals surface area contributed by atoms with E-state index in [-0.39, 0.29) is 38.9 Å². The molecule has 0 unspecified atom stereocenters. The SMILES string of the molecule is C.O=C(O)c1ccccc1N1CCC(F)(F)CC1. The Morgan fingerprint density at radius 1 is 1.22 bits per heavy atom. The van der Waals surface area contributed by atoms with Gasteiger partial charge in [-0.25, -0.2) is 13.6 Å². The van der Waals surface area contributed by atoms with Gasteiger partial charge in [0.05, 0.1) is 11.3 Å². The Labute approximate surface area is 105 Å². The second kappa shape index (κ2) is 5.33. The molecule has 1 aromatic carbocycles. The van der Waals surface area contributed by atoms with Gasteiger partial charge in [0, 0.05) is 25.9 Å². The molecule has 1 aromatic rings. The molecule has 0 aromatic heterocycles. The third-order valence-electron chi connectivity index (χ3n) is 2.97. The summed E-state index contributed by atoms with van der Waals surface area (Å²) in [7, 11) is 0. The van der Waals surface area contributed by atoms with Gasteiger partial charge >= 0.3 is 5.97 Å². The molecule has 1 fully saturated rings. The van der Waals surface area contributed by atoms with Crippen molar-refractivity contribution in [3.05, 3.63) is 29.8 Å². The highest BCUT2D eigenvalue weighted by molar-refractivity contribution is 5.94. The maximum Gasteiger partial charge on any atom is 0.337 e. The molecular weight excluding hydrogens is 240 g/mol. The first kappa shape index (κ1) is 14.4. The number of anilines is 1. The van der Waals surface area contributed by atoms with Crippen molar-refractivity contribution < 1.29 is 18.7 Å². The zero-order valence-corrected chi connectivity index (χ0v) is 9.20. The first-order chi connectivity index (χ1) is 7.99. The van der Waals surface area contributed by atoms with Gasteiger partial charge in [-0.15, -0.1) is 0 Å². The molecule has 1 aliphatic heterocycles. The minimum absolute atomic E-state index is 0. The number of carbonyl (C=O) groups is 1. The highest BCUT2D eigenvalue weighted by atomic mass is 19.3. The average Bonchev–Trinajstić information content (AvgIpc) is 2.29. The van der Waals surface area contributed by atoms with E-state index in [1.807, 2.05) is 0 Å². The molecule has 18 heavy (non-hydrogen) atoms. The number of hydrogen-bond donors (Lipinski definition) is 1. The van der Waals surface area contributed by atoms with Crippen molar-refractivity contribution in [1.82, 2.24) is 0 Å². The van der Waals surface area contributed by atoms with E-state index in [9.17, 15) is 13.6 Å². The first-order valence-electron chi connectivity index (χ1n) is 5.45. The van der Waals surface area contributed by atoms with E-state index in [1.54, 1.807) is 23.1 Å². The van der Waals surface area contributed by atoms with Crippen LogP contribution in [0.15, 0.2) is 24.3 Å². The van der Waals surface area contributed by atoms with Crippen LogP contribution in [0, 0.1) is 0 Å². The van der Waals surface area contributed by atoms with E-state index >= 15 is 0 Å². The van der Waals surface area contributed by atoms with Gasteiger partial charge < -0.3 is 10.0 Å². The van der Waals surface area contributed by atoms with Gasteiger partial charge in [-0.3, -0.25) is 0 Å². The first-order valence-corrected chi connectivity index (χ1v) is 5.45. The number of carboxylic acids is 1. The lowest BCUT2D eigenvalue weighted by Crippen LogP contribution is -2.40. The van der Waals surface area contributed by atoms with Crippen molar-refractivity contribution in [2.24, 2.45) is 0 Å². The highest BCUT2D eigenvalue weighted by Gasteiger charge is 2.34. The van der Waals surface area contributed by atoms with Crippen LogP contribution < -0.4 is 4.90 Å². The standard InChI is InChI=1S/C12H13F2NO2.CH4/c13-12(14)5-7-15(8-6-12)10-4-2-1-3-9(10)11(16)17;/h1-4H,5-8H2,(H,16,17);1H4. The summed E-state index contributed by atoms with van der Waals surface area (Å²) in [5, 5.41) is 9.02. The van der Waals surface area contributed by atoms with Crippen molar-refractivity contribution in [2.45, 2.75) is 26.2 Å². The third-order valence-corrected chi connectivity index (χ3v) is 2.97. The molecule has 0 saturated carbocycles. The Bertz CT molecular complexity index is 425. The highest BCUT2D eigenvalue weighted by Crippen LogP contribution is 2.31. The molecule has 0 amide bonds. The molecule has 0 atom stereocenters. The summed E-state index contributed by atoms with van der Waals surface area (Å²) < 4.78 is 26.0. The molecule has 5 heteroatoms. The van der Waals surface area contributed by atoms with E-state index in [4.69, 9.17) is 5.11 Å². The molecule has 0 radical (unpaired) electrons. The molecule has 1 saturated heterocycles. The zero-order valence-electron chi connectivity index (χ0n) is 9.20. The Kier molecular flexibility index (Phi) is 4.27. The molecule has 100 valence electrons. The summed E-state index contributed by atoms with van der Waals surface area (Å²) in [5.74, 6) is -3.65. The van der Waals surface area contributed by atoms with E-state index in [1.165, 1.54) is 6.07 Å². The number of rotatable bonds is 2. The Morgan fingerprint density at radius 2 is 1.78 bits per heavy atom. The fraction of sp³-hybridized carbons (Fsp3) is 0.462. The average molecular weight is 257 g/mol. The number of benzene rings is 1. The predicted octanol–water partition coefficient (Wildman–Crippen LogP) is 3.26. The van der Waals surface area contributed by atoms with E-state index in [0.717, 1.165) is 0 Å². The van der Waals surface area contributed by atoms with Crippen molar-refractivity contribution >= 4 is 11.7 Å². The van der Waals surface area contributed by atoms with Crippen LogP contribution in [0.5, 0.6) is 0 Å². The topological polar surface area (TPSA) is 40.5 Å². The van der Waals surface area contributed by atoms with Crippen LogP contribution >= 0.6 is 0 Å². The smallest absolute Gasteiger partial charge is 0.337 e. The summed E-state index contributed by atoms with van der Waals surface area (Å²) in [6.07, 6.45) is -0.443. The number of halogens is 2. The fourth-order valence-electron chi connectivity index (χ4n) is 2.01. The van der Waals surface area contributed by atoms with Crippen molar-refractivity contribution in [3.63, 3.8) is 0 Å². The van der Waals surface area contributed by atoms with Gasteiger partial charge in [-0.05, 0) is 12.1 Å². The van der Waals surface area contributed by atoms with E-state index in [2.05, 4.69) is 0 Å². The second-order valence-electron chi connectivity index (χ2n) is 4.17. The zero-order chi connectivity index (χ0) is 12.5. The van der Waals surface area contributed by atoms with Gasteiger partial charge in [-0.1, -0.05) is 19.6 Å². The number of carboxylic acid groups (broad SMARTS) is 1. The third kappa shape index (κ3) is 2.97. The summed E-state index contributed by atoms with van der Waals surface area (Å²) >= 11 is 0. The molecule has 1 N–H and O–H groups in total. The van der Waals surface area contributed by atoms with E-state index in [0.29, 0.717) is 5.69 Å². The number of nitrogens with zero attached hydrogens (tertiary/aromatic N) is 1. The second-order valence-corrected chi connectivity index (χ2v) is 4.17. The molecule has 0 aliphatic carbocycles. The number of piperidine rings is 1. The molecule has 1 heterocycles. The lowest BCUT2D eigenvalue weighted by molar-refractivity contribution is -0.0220. The molecule has 3 nitrogen and oxygen atoms in total. The van der Waals surface area contributed by atoms with Gasteiger partial charge in [0.25, 0.3) is 5.92 Å². The van der Waals surface area contributed by atoms with Crippen molar-refractivity contribution in [3.8, 4) is 0 Å². The Balaban J connectivity index is 0.00000162. The van der Waals surface area contributed by atoms with Crippen LogP contribution in [0.25, 0.3) is 0 Å². The fourth-order valence-corrected chi connectivity index (χ4v) is 2.01. The number of hydrogen-bond acceptors (Lipinski definition) is 2. The number of aromatic carboxylic acids is 1. The Hall–Kier alpha value is -1.65. The maximum atomic E-state index is 13.0. The summed E-state index contributed by atoms with van der Waals surface area (Å²) in [6.45, 7) is 0.384. The summed E-state index contributed by atoms with van der Waals surface area (Å²) in [6, 6.07) is 6.50. The Morgan fingerprint density at radius 3 is 2.33 bits per heavy atom. The minimum atomic E-state index is -2.62. The van der Waals surface area contributed by atoms with Crippen molar-refractivity contribution in [2.75, 3.05) is 18.0 Å². The van der Waals surface area contributed by atoms with Crippen LogP contribution in [0.3, 0.4) is 0 Å². The van der Waals surface area contributed by atoms with Crippen LogP contribution in [0.4, 0.5) is 14.5 Å². The number of alkyl halides is 2. The molecule has 2 rings (SSSR count). The van der Waals surface area contributed by atoms with E-state index < -0.39 is 11.9 Å². The quantitative estimate of drug-likeness (QED) is 0.884. The molecule has 0 spiro atoms. The minimum Gasteiger partial charge on any atom is -0.478 e. The summed E-state index contributed by atoms with van der Waals surface area (Å²) in [4.78, 5) is 12.7. The number of para-hydroxylation sites is 1. The van der Waals surface area contributed by atoms with Gasteiger partial charge in [0.1, 0.15) is 0 Å². The van der Waals surface area contributed by atoms with Crippen LogP contribution in [-0.4, -0.2) is 30.1 Å². The predicted molar refractivity (Wildman–Crippen MR) is 66.5 cm³/mol. The largest absolute Gasteiger partial charge is 0.478 e. The monoisotopic (exact) mass is 257 g/mol. The summed E-state index contributed by atoms with van der Waals surface area (Å²) in [5.41, 5.74) is 0.688. The van der Waals surface area contributed by atoms with Crippen LogP contribution in [0.2, 0.25) is 0 Å². The van der Waals surface area contributed by atoms with Gasteiger partial charge in [0.2, 0.25) is 0 Å². The van der Waals surface area contributed by atoms with Gasteiger partial charge in [0.15, 0.2) is 0 Å². The lowest BCUT2D eigenvalue weighted by atomic mass is 10.0. The normalized spacial score (nSPS) is 18.0. The maximum absolute atomic E-state index is 13.0. The van der Waals surface area contributed by atoms with Gasteiger partial charge in [-0.2, -0.15) is 0 Å². The van der Waals surface area contributed by atoms with Crippen LogP contribution in [0.1, 0.15) is 30.6 Å². The lowest BCUT2D eigenvalue weighted by Gasteiger charge is -2.34. The molecule has 0 bridgehead atoms. The van der Waals surface area contributed by atoms with Crippen molar-refractivity contribution in [1.29, 1.82) is 0 Å².